The number of benzene rings is 1. The molecule has 0 saturated heterocycles. The van der Waals surface area contributed by atoms with Crippen LogP contribution in [0, 0.1) is 6.92 Å². The van der Waals surface area contributed by atoms with Gasteiger partial charge in [-0.2, -0.15) is 0 Å². The summed E-state index contributed by atoms with van der Waals surface area (Å²) in [6, 6.07) is 8.28. The van der Waals surface area contributed by atoms with Gasteiger partial charge in [-0.25, -0.2) is 4.79 Å². The molecule has 2 aromatic rings. The van der Waals surface area contributed by atoms with Crippen LogP contribution in [0.5, 0.6) is 0 Å². The first kappa shape index (κ1) is 11.9. The standard InChI is InChI=1S/C13H13N3O2/c1-8-11(3-2-6-15-8)16-12-5-4-9(13(17)18)7-10(12)14/h2-7,16H,14H2,1H3,(H,17,18). The number of aromatic nitrogens is 1. The maximum absolute atomic E-state index is 10.8. The predicted octanol–water partition coefficient (Wildman–Crippen LogP) is 2.41. The maximum Gasteiger partial charge on any atom is 0.335 e. The van der Waals surface area contributed by atoms with Crippen molar-refractivity contribution in [1.82, 2.24) is 4.98 Å². The molecule has 5 heteroatoms. The fourth-order valence-corrected chi connectivity index (χ4v) is 1.57. The lowest BCUT2D eigenvalue weighted by Crippen LogP contribution is -2.02. The smallest absolute Gasteiger partial charge is 0.335 e. The summed E-state index contributed by atoms with van der Waals surface area (Å²) in [7, 11) is 0. The minimum atomic E-state index is -0.995. The van der Waals surface area contributed by atoms with E-state index in [1.165, 1.54) is 12.1 Å². The Morgan fingerprint density at radius 2 is 2.11 bits per heavy atom. The van der Waals surface area contributed by atoms with Crippen molar-refractivity contribution in [2.24, 2.45) is 0 Å². The zero-order chi connectivity index (χ0) is 13.1. The number of carbonyl (C=O) groups is 1. The van der Waals surface area contributed by atoms with E-state index in [2.05, 4.69) is 10.3 Å². The number of carboxylic acid groups (broad SMARTS) is 1. The van der Waals surface area contributed by atoms with Crippen molar-refractivity contribution >= 4 is 23.0 Å². The van der Waals surface area contributed by atoms with Gasteiger partial charge in [0.15, 0.2) is 0 Å². The van der Waals surface area contributed by atoms with E-state index in [0.717, 1.165) is 11.4 Å². The number of hydrogen-bond acceptors (Lipinski definition) is 4. The number of nitrogens with zero attached hydrogens (tertiary/aromatic N) is 1. The monoisotopic (exact) mass is 243 g/mol. The summed E-state index contributed by atoms with van der Waals surface area (Å²) in [5, 5.41) is 12.0. The van der Waals surface area contributed by atoms with Crippen molar-refractivity contribution in [2.45, 2.75) is 6.92 Å². The molecule has 1 aromatic heterocycles. The predicted molar refractivity (Wildman–Crippen MR) is 70.1 cm³/mol. The Balaban J connectivity index is 2.30. The van der Waals surface area contributed by atoms with E-state index in [4.69, 9.17) is 10.8 Å². The molecule has 0 atom stereocenters. The first-order valence-electron chi connectivity index (χ1n) is 5.39. The third-order valence-corrected chi connectivity index (χ3v) is 2.57. The molecule has 1 aromatic carbocycles. The van der Waals surface area contributed by atoms with Gasteiger partial charge in [0.05, 0.1) is 28.3 Å². The highest BCUT2D eigenvalue weighted by molar-refractivity contribution is 5.90. The van der Waals surface area contributed by atoms with Crippen LogP contribution in [-0.2, 0) is 0 Å². The van der Waals surface area contributed by atoms with Crippen LogP contribution >= 0.6 is 0 Å². The van der Waals surface area contributed by atoms with Crippen LogP contribution < -0.4 is 11.1 Å². The normalized spacial score (nSPS) is 10.1. The molecule has 0 unspecified atom stereocenters. The van der Waals surface area contributed by atoms with Crippen molar-refractivity contribution in [1.29, 1.82) is 0 Å². The number of nitrogen functional groups attached to an aromatic ring is 1. The molecule has 0 radical (unpaired) electrons. The fourth-order valence-electron chi connectivity index (χ4n) is 1.57. The molecule has 4 N–H and O–H groups in total. The highest BCUT2D eigenvalue weighted by Gasteiger charge is 2.07. The third-order valence-electron chi connectivity index (χ3n) is 2.57. The zero-order valence-electron chi connectivity index (χ0n) is 9.84. The third kappa shape index (κ3) is 2.40. The Kier molecular flexibility index (Phi) is 3.14. The summed E-state index contributed by atoms with van der Waals surface area (Å²) >= 11 is 0. The van der Waals surface area contributed by atoms with E-state index in [1.807, 2.05) is 19.1 Å². The first-order chi connectivity index (χ1) is 8.58. The Hall–Kier alpha value is -2.56. The minimum Gasteiger partial charge on any atom is -0.478 e. The largest absolute Gasteiger partial charge is 0.478 e. The van der Waals surface area contributed by atoms with E-state index in [1.54, 1.807) is 12.3 Å². The maximum atomic E-state index is 10.8. The molecule has 2 rings (SSSR count). The zero-order valence-corrected chi connectivity index (χ0v) is 9.84. The lowest BCUT2D eigenvalue weighted by molar-refractivity contribution is 0.0697. The van der Waals surface area contributed by atoms with Crippen molar-refractivity contribution in [2.75, 3.05) is 11.1 Å². The minimum absolute atomic E-state index is 0.168. The summed E-state index contributed by atoms with van der Waals surface area (Å²) in [5.74, 6) is -0.995. The van der Waals surface area contributed by atoms with Crippen LogP contribution in [0.15, 0.2) is 36.5 Å². The van der Waals surface area contributed by atoms with Crippen LogP contribution in [0.1, 0.15) is 16.1 Å². The van der Waals surface area contributed by atoms with E-state index in [0.29, 0.717) is 11.4 Å². The molecule has 0 saturated carbocycles. The van der Waals surface area contributed by atoms with Crippen molar-refractivity contribution < 1.29 is 9.90 Å². The summed E-state index contributed by atoms with van der Waals surface area (Å²) in [6.45, 7) is 1.88. The van der Waals surface area contributed by atoms with E-state index in [9.17, 15) is 4.79 Å². The van der Waals surface area contributed by atoms with Gasteiger partial charge in [-0.1, -0.05) is 0 Å². The Labute approximate surface area is 104 Å². The van der Waals surface area contributed by atoms with Crippen molar-refractivity contribution in [3.05, 3.63) is 47.8 Å². The molecule has 0 aliphatic rings. The highest BCUT2D eigenvalue weighted by atomic mass is 16.4. The second-order valence-electron chi connectivity index (χ2n) is 3.87. The highest BCUT2D eigenvalue weighted by Crippen LogP contribution is 2.25. The Bertz CT molecular complexity index is 597. The van der Waals surface area contributed by atoms with Gasteiger partial charge in [-0.05, 0) is 37.3 Å². The summed E-state index contributed by atoms with van der Waals surface area (Å²) in [4.78, 5) is 14.9. The lowest BCUT2D eigenvalue weighted by atomic mass is 10.1. The molecule has 0 amide bonds. The Morgan fingerprint density at radius 3 is 2.72 bits per heavy atom. The van der Waals surface area contributed by atoms with Gasteiger partial charge >= 0.3 is 5.97 Å². The second-order valence-corrected chi connectivity index (χ2v) is 3.87. The van der Waals surface area contributed by atoms with Gasteiger partial charge in [0, 0.05) is 6.20 Å². The summed E-state index contributed by atoms with van der Waals surface area (Å²) in [5.41, 5.74) is 8.72. The average Bonchev–Trinajstić information content (AvgIpc) is 2.34. The van der Waals surface area contributed by atoms with Crippen LogP contribution in [-0.4, -0.2) is 16.1 Å². The quantitative estimate of drug-likeness (QED) is 0.720. The molecule has 0 aliphatic heterocycles. The second kappa shape index (κ2) is 4.75. The van der Waals surface area contributed by atoms with Gasteiger partial charge < -0.3 is 16.2 Å². The number of nitrogens with two attached hydrogens (primary N) is 1. The molecule has 92 valence electrons. The number of aromatic carboxylic acids is 1. The summed E-state index contributed by atoms with van der Waals surface area (Å²) in [6.07, 6.45) is 1.71. The van der Waals surface area contributed by atoms with Crippen LogP contribution in [0.4, 0.5) is 17.1 Å². The number of nitrogens with one attached hydrogen (secondary N) is 1. The fraction of sp³-hybridized carbons (Fsp3) is 0.0769. The van der Waals surface area contributed by atoms with E-state index < -0.39 is 5.97 Å². The Morgan fingerprint density at radius 1 is 1.33 bits per heavy atom. The molecule has 18 heavy (non-hydrogen) atoms. The van der Waals surface area contributed by atoms with Crippen LogP contribution in [0.25, 0.3) is 0 Å². The van der Waals surface area contributed by atoms with Gasteiger partial charge in [0.1, 0.15) is 0 Å². The van der Waals surface area contributed by atoms with E-state index >= 15 is 0 Å². The number of aryl methyl sites for hydroxylation is 1. The lowest BCUT2D eigenvalue weighted by Gasteiger charge is -2.11. The van der Waals surface area contributed by atoms with Gasteiger partial charge in [-0.15, -0.1) is 0 Å². The molecule has 1 heterocycles. The van der Waals surface area contributed by atoms with Gasteiger partial charge in [-0.3, -0.25) is 4.98 Å². The summed E-state index contributed by atoms with van der Waals surface area (Å²) < 4.78 is 0. The topological polar surface area (TPSA) is 88.2 Å². The molecule has 0 fully saturated rings. The molecule has 0 aliphatic carbocycles. The van der Waals surface area contributed by atoms with Gasteiger partial charge in [0.25, 0.3) is 0 Å². The van der Waals surface area contributed by atoms with Crippen LogP contribution in [0.2, 0.25) is 0 Å². The molecule has 0 bridgehead atoms. The number of carboxylic acids is 1. The van der Waals surface area contributed by atoms with Crippen molar-refractivity contribution in [3.63, 3.8) is 0 Å². The molecule has 5 nitrogen and oxygen atoms in total. The van der Waals surface area contributed by atoms with Gasteiger partial charge in [0.2, 0.25) is 0 Å². The first-order valence-corrected chi connectivity index (χ1v) is 5.39. The van der Waals surface area contributed by atoms with E-state index in [-0.39, 0.29) is 5.56 Å². The number of rotatable bonds is 3. The number of anilines is 3. The molecular formula is C13H13N3O2. The number of pyridine rings is 1. The number of hydrogen-bond donors (Lipinski definition) is 3. The van der Waals surface area contributed by atoms with Crippen LogP contribution in [0.3, 0.4) is 0 Å². The molecule has 0 spiro atoms. The van der Waals surface area contributed by atoms with Crippen molar-refractivity contribution in [3.8, 4) is 0 Å². The average molecular weight is 243 g/mol. The molecular weight excluding hydrogens is 230 g/mol. The SMILES string of the molecule is Cc1ncccc1Nc1ccc(C(=O)O)cc1N.